The first-order valence-electron chi connectivity index (χ1n) is 7.46. The minimum absolute atomic E-state index is 0.374. The highest BCUT2D eigenvalue weighted by atomic mass is 16.5. The Bertz CT molecular complexity index is 386. The molecule has 0 radical (unpaired) electrons. The second kappa shape index (κ2) is 7.39. The molecule has 1 fully saturated rings. The lowest BCUT2D eigenvalue weighted by atomic mass is 10.2. The van der Waals surface area contributed by atoms with Gasteiger partial charge in [-0.15, -0.1) is 0 Å². The van der Waals surface area contributed by atoms with Gasteiger partial charge in [0.2, 0.25) is 0 Å². The minimum atomic E-state index is 0.374. The summed E-state index contributed by atoms with van der Waals surface area (Å²) in [6.45, 7) is 6.65. The predicted octanol–water partition coefficient (Wildman–Crippen LogP) is 3.52. The maximum Gasteiger partial charge on any atom is 0.161 e. The number of ether oxygens (including phenoxy) is 2. The van der Waals surface area contributed by atoms with E-state index >= 15 is 0 Å². The van der Waals surface area contributed by atoms with Crippen LogP contribution in [-0.2, 0) is 6.54 Å². The monoisotopic (exact) mass is 263 g/mol. The summed E-state index contributed by atoms with van der Waals surface area (Å²) in [5, 5.41) is 3.33. The smallest absolute Gasteiger partial charge is 0.161 e. The predicted molar refractivity (Wildman–Crippen MR) is 77.9 cm³/mol. The Morgan fingerprint density at radius 2 is 1.95 bits per heavy atom. The fraction of sp³-hybridized carbons (Fsp3) is 0.625. The van der Waals surface area contributed by atoms with Crippen LogP contribution in [0.3, 0.4) is 0 Å². The van der Waals surface area contributed by atoms with Crippen LogP contribution in [-0.4, -0.2) is 19.3 Å². The molecule has 0 aliphatic heterocycles. The van der Waals surface area contributed by atoms with E-state index in [9.17, 15) is 0 Å². The SMILES string of the molecule is CCNCc1ccc(OC2CCCC2)c(OCC)c1. The zero-order valence-electron chi connectivity index (χ0n) is 12.1. The molecule has 1 aromatic carbocycles. The average molecular weight is 263 g/mol. The molecule has 2 rings (SSSR count). The van der Waals surface area contributed by atoms with Gasteiger partial charge in [-0.1, -0.05) is 13.0 Å². The third-order valence-corrected chi connectivity index (χ3v) is 3.48. The molecule has 19 heavy (non-hydrogen) atoms. The van der Waals surface area contributed by atoms with E-state index in [0.717, 1.165) is 24.6 Å². The molecule has 3 nitrogen and oxygen atoms in total. The van der Waals surface area contributed by atoms with Crippen molar-refractivity contribution in [2.24, 2.45) is 0 Å². The third-order valence-electron chi connectivity index (χ3n) is 3.48. The maximum absolute atomic E-state index is 6.07. The van der Waals surface area contributed by atoms with Gasteiger partial charge in [-0.25, -0.2) is 0 Å². The third kappa shape index (κ3) is 4.13. The van der Waals surface area contributed by atoms with Crippen LogP contribution in [0.5, 0.6) is 11.5 Å². The Labute approximate surface area is 116 Å². The van der Waals surface area contributed by atoms with Gasteiger partial charge in [-0.05, 0) is 56.8 Å². The van der Waals surface area contributed by atoms with Crippen LogP contribution in [0.2, 0.25) is 0 Å². The lowest BCUT2D eigenvalue weighted by molar-refractivity contribution is 0.196. The van der Waals surface area contributed by atoms with E-state index in [1.54, 1.807) is 0 Å². The molecular weight excluding hydrogens is 238 g/mol. The van der Waals surface area contributed by atoms with Crippen LogP contribution in [0.25, 0.3) is 0 Å². The first-order valence-corrected chi connectivity index (χ1v) is 7.46. The summed E-state index contributed by atoms with van der Waals surface area (Å²) in [7, 11) is 0. The van der Waals surface area contributed by atoms with E-state index in [0.29, 0.717) is 12.7 Å². The van der Waals surface area contributed by atoms with Gasteiger partial charge in [0.15, 0.2) is 11.5 Å². The molecule has 3 heteroatoms. The van der Waals surface area contributed by atoms with E-state index in [1.165, 1.54) is 31.2 Å². The normalized spacial score (nSPS) is 15.7. The molecule has 0 aromatic heterocycles. The summed E-state index contributed by atoms with van der Waals surface area (Å²) in [6.07, 6.45) is 5.29. The summed E-state index contributed by atoms with van der Waals surface area (Å²) < 4.78 is 11.8. The lowest BCUT2D eigenvalue weighted by Crippen LogP contribution is -2.13. The summed E-state index contributed by atoms with van der Waals surface area (Å²) in [5.41, 5.74) is 1.24. The molecule has 1 aliphatic rings. The standard InChI is InChI=1S/C16H25NO2/c1-3-17-12-13-9-10-15(16(11-13)18-4-2)19-14-7-5-6-8-14/h9-11,14,17H,3-8,12H2,1-2H3. The van der Waals surface area contributed by atoms with Crippen LogP contribution in [0.1, 0.15) is 45.1 Å². The number of hydrogen-bond donors (Lipinski definition) is 1. The van der Waals surface area contributed by atoms with E-state index in [4.69, 9.17) is 9.47 Å². The molecular formula is C16H25NO2. The number of hydrogen-bond acceptors (Lipinski definition) is 3. The van der Waals surface area contributed by atoms with Crippen molar-refractivity contribution in [1.29, 1.82) is 0 Å². The van der Waals surface area contributed by atoms with Gasteiger partial charge >= 0.3 is 0 Å². The Morgan fingerprint density at radius 3 is 2.63 bits per heavy atom. The second-order valence-electron chi connectivity index (χ2n) is 5.02. The van der Waals surface area contributed by atoms with E-state index in [2.05, 4.69) is 30.4 Å². The van der Waals surface area contributed by atoms with Crippen molar-refractivity contribution in [3.8, 4) is 11.5 Å². The number of nitrogens with one attached hydrogen (secondary N) is 1. The minimum Gasteiger partial charge on any atom is -0.490 e. The van der Waals surface area contributed by atoms with E-state index in [1.807, 2.05) is 6.92 Å². The zero-order valence-corrected chi connectivity index (χ0v) is 12.1. The molecule has 1 N–H and O–H groups in total. The van der Waals surface area contributed by atoms with Crippen LogP contribution >= 0.6 is 0 Å². The van der Waals surface area contributed by atoms with Gasteiger partial charge < -0.3 is 14.8 Å². The van der Waals surface area contributed by atoms with Gasteiger partial charge in [-0.3, -0.25) is 0 Å². The highest BCUT2D eigenvalue weighted by molar-refractivity contribution is 5.43. The van der Waals surface area contributed by atoms with Crippen molar-refractivity contribution in [3.05, 3.63) is 23.8 Å². The molecule has 0 spiro atoms. The highest BCUT2D eigenvalue weighted by Gasteiger charge is 2.18. The highest BCUT2D eigenvalue weighted by Crippen LogP contribution is 2.32. The topological polar surface area (TPSA) is 30.5 Å². The maximum atomic E-state index is 6.07. The quantitative estimate of drug-likeness (QED) is 0.816. The second-order valence-corrected chi connectivity index (χ2v) is 5.02. The van der Waals surface area contributed by atoms with E-state index < -0.39 is 0 Å². The molecule has 0 atom stereocenters. The summed E-state index contributed by atoms with van der Waals surface area (Å²) in [5.74, 6) is 1.78. The number of benzene rings is 1. The molecule has 1 aliphatic carbocycles. The molecule has 0 bridgehead atoms. The van der Waals surface area contributed by atoms with Crippen molar-refractivity contribution < 1.29 is 9.47 Å². The van der Waals surface area contributed by atoms with Crippen LogP contribution in [0.15, 0.2) is 18.2 Å². The van der Waals surface area contributed by atoms with Gasteiger partial charge in [0.1, 0.15) is 0 Å². The fourth-order valence-corrected chi connectivity index (χ4v) is 2.48. The lowest BCUT2D eigenvalue weighted by Gasteiger charge is -2.17. The van der Waals surface area contributed by atoms with Crippen molar-refractivity contribution in [1.82, 2.24) is 5.32 Å². The summed E-state index contributed by atoms with van der Waals surface area (Å²) in [4.78, 5) is 0. The Balaban J connectivity index is 2.07. The summed E-state index contributed by atoms with van der Waals surface area (Å²) >= 11 is 0. The van der Waals surface area contributed by atoms with Crippen LogP contribution < -0.4 is 14.8 Å². The van der Waals surface area contributed by atoms with Crippen LogP contribution in [0, 0.1) is 0 Å². The molecule has 106 valence electrons. The van der Waals surface area contributed by atoms with Crippen molar-refractivity contribution in [3.63, 3.8) is 0 Å². The van der Waals surface area contributed by atoms with Gasteiger partial charge in [0.25, 0.3) is 0 Å². The first-order chi connectivity index (χ1) is 9.33. The van der Waals surface area contributed by atoms with Crippen molar-refractivity contribution >= 4 is 0 Å². The molecule has 1 aromatic rings. The van der Waals surface area contributed by atoms with Gasteiger partial charge in [0.05, 0.1) is 12.7 Å². The van der Waals surface area contributed by atoms with Crippen molar-refractivity contribution in [2.45, 2.75) is 52.2 Å². The Kier molecular flexibility index (Phi) is 5.52. The molecule has 0 saturated heterocycles. The molecule has 0 unspecified atom stereocenters. The van der Waals surface area contributed by atoms with Gasteiger partial charge in [0, 0.05) is 6.54 Å². The Morgan fingerprint density at radius 1 is 1.16 bits per heavy atom. The van der Waals surface area contributed by atoms with Gasteiger partial charge in [-0.2, -0.15) is 0 Å². The fourth-order valence-electron chi connectivity index (χ4n) is 2.48. The zero-order chi connectivity index (χ0) is 13.5. The molecule has 0 heterocycles. The largest absolute Gasteiger partial charge is 0.490 e. The average Bonchev–Trinajstić information content (AvgIpc) is 2.92. The van der Waals surface area contributed by atoms with E-state index in [-0.39, 0.29) is 0 Å². The van der Waals surface area contributed by atoms with Crippen molar-refractivity contribution in [2.75, 3.05) is 13.2 Å². The number of rotatable bonds is 7. The Hall–Kier alpha value is -1.22. The summed E-state index contributed by atoms with van der Waals surface area (Å²) in [6, 6.07) is 6.27. The molecule has 1 saturated carbocycles. The molecule has 0 amide bonds. The first kappa shape index (κ1) is 14.2. The van der Waals surface area contributed by atoms with Crippen LogP contribution in [0.4, 0.5) is 0 Å².